The van der Waals surface area contributed by atoms with Gasteiger partial charge in [-0.3, -0.25) is 0 Å². The minimum absolute atomic E-state index is 0.338. The highest BCUT2D eigenvalue weighted by Crippen LogP contribution is 2.29. The Balaban J connectivity index is 1.64. The van der Waals surface area contributed by atoms with Crippen molar-refractivity contribution in [1.82, 2.24) is 5.43 Å². The second-order valence-corrected chi connectivity index (χ2v) is 6.70. The van der Waals surface area contributed by atoms with Crippen LogP contribution in [0.2, 0.25) is 10.0 Å². The Morgan fingerprint density at radius 2 is 1.67 bits per heavy atom. The van der Waals surface area contributed by atoms with Crippen LogP contribution in [0.15, 0.2) is 66.7 Å². The minimum Gasteiger partial charge on any atom is -0.496 e. The van der Waals surface area contributed by atoms with Gasteiger partial charge in [0.2, 0.25) is 0 Å². The van der Waals surface area contributed by atoms with Gasteiger partial charge in [-0.2, -0.15) is 0 Å². The number of hydrazine groups is 1. The predicted octanol–water partition coefficient (Wildman–Crippen LogP) is 5.70. The van der Waals surface area contributed by atoms with E-state index < -0.39 is 0 Å². The summed E-state index contributed by atoms with van der Waals surface area (Å²) in [6.07, 6.45) is 0. The average molecular weight is 403 g/mol. The van der Waals surface area contributed by atoms with E-state index in [2.05, 4.69) is 10.9 Å². The highest BCUT2D eigenvalue weighted by Gasteiger charge is 2.08. The molecule has 0 aromatic heterocycles. The normalized spacial score (nSPS) is 10.5. The number of hydrogen-bond acceptors (Lipinski definition) is 4. The van der Waals surface area contributed by atoms with E-state index in [1.807, 2.05) is 48.5 Å². The molecule has 27 heavy (non-hydrogen) atoms. The van der Waals surface area contributed by atoms with Crippen LogP contribution in [0.4, 0.5) is 5.69 Å². The number of benzene rings is 3. The third kappa shape index (κ3) is 5.54. The highest BCUT2D eigenvalue weighted by atomic mass is 35.5. The van der Waals surface area contributed by atoms with E-state index in [4.69, 9.17) is 32.7 Å². The van der Waals surface area contributed by atoms with Crippen molar-refractivity contribution >= 4 is 28.9 Å². The molecule has 0 unspecified atom stereocenters. The molecule has 6 heteroatoms. The van der Waals surface area contributed by atoms with Crippen molar-refractivity contribution < 1.29 is 9.47 Å². The first-order valence-electron chi connectivity index (χ1n) is 8.43. The van der Waals surface area contributed by atoms with Crippen LogP contribution in [0.25, 0.3) is 0 Å². The Morgan fingerprint density at radius 3 is 2.41 bits per heavy atom. The third-order valence-corrected chi connectivity index (χ3v) is 4.45. The van der Waals surface area contributed by atoms with Crippen LogP contribution >= 0.6 is 23.2 Å². The van der Waals surface area contributed by atoms with Crippen LogP contribution in [0.1, 0.15) is 11.1 Å². The molecule has 140 valence electrons. The molecule has 0 radical (unpaired) electrons. The van der Waals surface area contributed by atoms with Crippen LogP contribution in [0.3, 0.4) is 0 Å². The molecule has 0 spiro atoms. The Morgan fingerprint density at radius 1 is 0.889 bits per heavy atom. The third-order valence-electron chi connectivity index (χ3n) is 3.92. The monoisotopic (exact) mass is 402 g/mol. The number of halogens is 2. The van der Waals surface area contributed by atoms with Gasteiger partial charge in [0.05, 0.1) is 12.1 Å². The highest BCUT2D eigenvalue weighted by molar-refractivity contribution is 6.35. The van der Waals surface area contributed by atoms with E-state index in [9.17, 15) is 0 Å². The fraction of sp³-hybridized carbons (Fsp3) is 0.143. The minimum atomic E-state index is 0.338. The van der Waals surface area contributed by atoms with Crippen molar-refractivity contribution in [1.29, 1.82) is 0 Å². The standard InChI is InChI=1S/C21H20Cl2N2O2/c1-26-20-9-7-15(13-24-25-18-5-3-2-4-6-18)11-16(20)14-27-21-10-8-17(22)12-19(21)23/h2-12,24-25H,13-14H2,1H3. The second kappa shape index (κ2) is 9.51. The number of hydrogen-bond donors (Lipinski definition) is 2. The predicted molar refractivity (Wildman–Crippen MR) is 111 cm³/mol. The lowest BCUT2D eigenvalue weighted by Crippen LogP contribution is -2.20. The summed E-state index contributed by atoms with van der Waals surface area (Å²) < 4.78 is 11.3. The molecular formula is C21H20Cl2N2O2. The molecule has 0 aliphatic rings. The van der Waals surface area contributed by atoms with Gasteiger partial charge in [-0.05, 0) is 48.0 Å². The van der Waals surface area contributed by atoms with Gasteiger partial charge in [0.1, 0.15) is 18.1 Å². The average Bonchev–Trinajstić information content (AvgIpc) is 2.68. The summed E-state index contributed by atoms with van der Waals surface area (Å²) in [7, 11) is 1.64. The summed E-state index contributed by atoms with van der Waals surface area (Å²) in [6, 6.07) is 21.1. The fourth-order valence-corrected chi connectivity index (χ4v) is 3.04. The molecule has 3 aromatic carbocycles. The molecule has 0 heterocycles. The van der Waals surface area contributed by atoms with Crippen LogP contribution in [-0.4, -0.2) is 7.11 Å². The van der Waals surface area contributed by atoms with Gasteiger partial charge in [-0.1, -0.05) is 47.5 Å². The van der Waals surface area contributed by atoms with E-state index in [1.165, 1.54) is 0 Å². The van der Waals surface area contributed by atoms with E-state index in [0.29, 0.717) is 28.9 Å². The second-order valence-electron chi connectivity index (χ2n) is 5.85. The van der Waals surface area contributed by atoms with E-state index in [-0.39, 0.29) is 0 Å². The summed E-state index contributed by atoms with van der Waals surface area (Å²) >= 11 is 12.1. The zero-order valence-electron chi connectivity index (χ0n) is 14.8. The van der Waals surface area contributed by atoms with E-state index >= 15 is 0 Å². The Hall–Kier alpha value is -2.40. The van der Waals surface area contributed by atoms with Crippen molar-refractivity contribution in [3.63, 3.8) is 0 Å². The van der Waals surface area contributed by atoms with Crippen molar-refractivity contribution in [3.8, 4) is 11.5 Å². The maximum atomic E-state index is 6.17. The van der Waals surface area contributed by atoms with Crippen molar-refractivity contribution in [2.75, 3.05) is 12.5 Å². The quantitative estimate of drug-likeness (QED) is 0.474. The number of para-hydroxylation sites is 1. The van der Waals surface area contributed by atoms with Crippen LogP contribution in [-0.2, 0) is 13.2 Å². The topological polar surface area (TPSA) is 42.5 Å². The summed E-state index contributed by atoms with van der Waals surface area (Å²) in [5.41, 5.74) is 9.41. The molecule has 3 aromatic rings. The summed E-state index contributed by atoms with van der Waals surface area (Å²) in [4.78, 5) is 0. The number of methoxy groups -OCH3 is 1. The molecule has 0 bridgehead atoms. The fourth-order valence-electron chi connectivity index (χ4n) is 2.57. The van der Waals surface area contributed by atoms with E-state index in [1.54, 1.807) is 25.3 Å². The van der Waals surface area contributed by atoms with Crippen LogP contribution in [0.5, 0.6) is 11.5 Å². The van der Waals surface area contributed by atoms with E-state index in [0.717, 1.165) is 22.6 Å². The Bertz CT molecular complexity index is 889. The zero-order valence-corrected chi connectivity index (χ0v) is 16.3. The number of ether oxygens (including phenoxy) is 2. The van der Waals surface area contributed by atoms with Gasteiger partial charge < -0.3 is 14.9 Å². The SMILES string of the molecule is COc1ccc(CNNc2ccccc2)cc1COc1ccc(Cl)cc1Cl. The first-order valence-corrected chi connectivity index (χ1v) is 9.19. The van der Waals surface area contributed by atoms with Gasteiger partial charge >= 0.3 is 0 Å². The maximum absolute atomic E-state index is 6.17. The van der Waals surface area contributed by atoms with Crippen molar-refractivity contribution in [3.05, 3.63) is 87.9 Å². The lowest BCUT2D eigenvalue weighted by Gasteiger charge is -2.14. The largest absolute Gasteiger partial charge is 0.496 e. The lowest BCUT2D eigenvalue weighted by molar-refractivity contribution is 0.296. The summed E-state index contributed by atoms with van der Waals surface area (Å²) in [6.45, 7) is 0.984. The van der Waals surface area contributed by atoms with Crippen molar-refractivity contribution in [2.24, 2.45) is 0 Å². The lowest BCUT2D eigenvalue weighted by atomic mass is 10.1. The van der Waals surface area contributed by atoms with Gasteiger partial charge in [0.25, 0.3) is 0 Å². The first-order chi connectivity index (χ1) is 13.2. The Kier molecular flexibility index (Phi) is 6.82. The molecule has 4 nitrogen and oxygen atoms in total. The van der Waals surface area contributed by atoms with Crippen molar-refractivity contribution in [2.45, 2.75) is 13.2 Å². The molecule has 2 N–H and O–H groups in total. The number of anilines is 1. The number of rotatable bonds is 8. The molecule has 3 rings (SSSR count). The smallest absolute Gasteiger partial charge is 0.138 e. The molecule has 0 aliphatic heterocycles. The van der Waals surface area contributed by atoms with Crippen LogP contribution in [0, 0.1) is 0 Å². The van der Waals surface area contributed by atoms with Gasteiger partial charge in [0, 0.05) is 22.8 Å². The zero-order chi connectivity index (χ0) is 19.1. The maximum Gasteiger partial charge on any atom is 0.138 e. The molecule has 0 atom stereocenters. The van der Waals surface area contributed by atoms with Gasteiger partial charge in [-0.15, -0.1) is 0 Å². The summed E-state index contributed by atoms with van der Waals surface area (Å²) in [5.74, 6) is 1.34. The van der Waals surface area contributed by atoms with Crippen LogP contribution < -0.4 is 20.3 Å². The number of nitrogens with one attached hydrogen (secondary N) is 2. The molecule has 0 fully saturated rings. The molecular weight excluding hydrogens is 383 g/mol. The molecule has 0 saturated carbocycles. The summed E-state index contributed by atoms with van der Waals surface area (Å²) in [5, 5.41) is 1.05. The molecule has 0 saturated heterocycles. The Labute approximate surface area is 169 Å². The first kappa shape index (κ1) is 19.4. The van der Waals surface area contributed by atoms with Gasteiger partial charge in [-0.25, -0.2) is 5.43 Å². The molecule has 0 amide bonds. The molecule has 0 aliphatic carbocycles. The van der Waals surface area contributed by atoms with Gasteiger partial charge in [0.15, 0.2) is 0 Å².